The van der Waals surface area contributed by atoms with Crippen molar-refractivity contribution in [2.24, 2.45) is 0 Å². The quantitative estimate of drug-likeness (QED) is 0.615. The zero-order chi connectivity index (χ0) is 20.1. The van der Waals surface area contributed by atoms with Crippen molar-refractivity contribution in [2.45, 2.75) is 26.3 Å². The third-order valence-corrected chi connectivity index (χ3v) is 4.54. The van der Waals surface area contributed by atoms with Crippen LogP contribution in [-0.4, -0.2) is 27.6 Å². The van der Waals surface area contributed by atoms with Crippen molar-refractivity contribution in [2.75, 3.05) is 6.61 Å². The molecule has 1 aromatic heterocycles. The number of hydrogen-bond donors (Lipinski definition) is 3. The van der Waals surface area contributed by atoms with Crippen LogP contribution in [-0.2, 0) is 0 Å². The van der Waals surface area contributed by atoms with Gasteiger partial charge in [0.2, 0.25) is 0 Å². The molecule has 0 unspecified atom stereocenters. The number of H-pyrrole nitrogens is 1. The highest BCUT2D eigenvalue weighted by Gasteiger charge is 2.18. The summed E-state index contributed by atoms with van der Waals surface area (Å²) in [6.07, 6.45) is 1.64. The third-order valence-electron chi connectivity index (χ3n) is 4.54. The molecular formula is C22H23N3O3. The molecular weight excluding hydrogens is 354 g/mol. The fourth-order valence-electron chi connectivity index (χ4n) is 2.98. The molecule has 1 amide bonds. The van der Waals surface area contributed by atoms with Gasteiger partial charge in [0, 0.05) is 18.4 Å². The Labute approximate surface area is 163 Å². The lowest BCUT2D eigenvalue weighted by Crippen LogP contribution is -2.33. The summed E-state index contributed by atoms with van der Waals surface area (Å²) in [7, 11) is 0. The van der Waals surface area contributed by atoms with Gasteiger partial charge in [-0.25, -0.2) is 4.98 Å². The van der Waals surface area contributed by atoms with Crippen molar-refractivity contribution in [3.05, 3.63) is 87.3 Å². The number of nitrogens with zero attached hydrogens (tertiary/aromatic N) is 1. The van der Waals surface area contributed by atoms with Crippen LogP contribution in [0, 0.1) is 13.8 Å². The molecule has 0 saturated carbocycles. The summed E-state index contributed by atoms with van der Waals surface area (Å²) in [5.41, 5.74) is 3.23. The number of aliphatic hydroxyl groups is 1. The molecule has 0 bridgehead atoms. The molecule has 3 rings (SSSR count). The molecule has 0 aliphatic carbocycles. The van der Waals surface area contributed by atoms with Crippen LogP contribution in [0.5, 0.6) is 0 Å². The van der Waals surface area contributed by atoms with Crippen LogP contribution in [0.3, 0.4) is 0 Å². The molecule has 0 fully saturated rings. The molecule has 6 nitrogen and oxygen atoms in total. The number of rotatable bonds is 6. The smallest absolute Gasteiger partial charge is 0.264 e. The molecule has 144 valence electrons. The third kappa shape index (κ3) is 4.53. The summed E-state index contributed by atoms with van der Waals surface area (Å²) in [5.74, 6) is -0.112. The monoisotopic (exact) mass is 377 g/mol. The van der Waals surface area contributed by atoms with E-state index < -0.39 is 17.5 Å². The summed E-state index contributed by atoms with van der Waals surface area (Å²) < 4.78 is 0. The molecule has 3 aromatic rings. The second-order valence-electron chi connectivity index (χ2n) is 6.79. The van der Waals surface area contributed by atoms with Gasteiger partial charge in [0.15, 0.2) is 0 Å². The number of aliphatic hydroxyl groups excluding tert-OH is 1. The Morgan fingerprint density at radius 3 is 2.54 bits per heavy atom. The summed E-state index contributed by atoms with van der Waals surface area (Å²) in [4.78, 5) is 32.0. The van der Waals surface area contributed by atoms with Gasteiger partial charge in [-0.15, -0.1) is 0 Å². The van der Waals surface area contributed by atoms with E-state index in [9.17, 15) is 14.7 Å². The van der Waals surface area contributed by atoms with Gasteiger partial charge in [0.25, 0.3) is 11.5 Å². The lowest BCUT2D eigenvalue weighted by Gasteiger charge is -2.18. The maximum atomic E-state index is 12.6. The number of amides is 1. The predicted molar refractivity (Wildman–Crippen MR) is 108 cm³/mol. The van der Waals surface area contributed by atoms with Crippen molar-refractivity contribution in [1.82, 2.24) is 15.3 Å². The van der Waals surface area contributed by atoms with Crippen LogP contribution in [0.15, 0.2) is 59.5 Å². The number of carbonyl (C=O) groups excluding carboxylic acids is 1. The Kier molecular flexibility index (Phi) is 6.01. The lowest BCUT2D eigenvalue weighted by molar-refractivity contribution is 0.0928. The van der Waals surface area contributed by atoms with E-state index in [4.69, 9.17) is 0 Å². The summed E-state index contributed by atoms with van der Waals surface area (Å²) in [6, 6.07) is 14.9. The molecule has 3 N–H and O–H groups in total. The van der Waals surface area contributed by atoms with E-state index in [-0.39, 0.29) is 12.2 Å². The van der Waals surface area contributed by atoms with E-state index in [1.165, 1.54) is 6.20 Å². The molecule has 6 heteroatoms. The van der Waals surface area contributed by atoms with Gasteiger partial charge >= 0.3 is 0 Å². The number of aryl methyl sites for hydroxylation is 2. The fraction of sp³-hybridized carbons (Fsp3) is 0.227. The number of nitrogens with one attached hydrogen (secondary N) is 2. The molecule has 0 radical (unpaired) electrons. The van der Waals surface area contributed by atoms with Crippen LogP contribution in [0.1, 0.15) is 39.5 Å². The molecule has 2 aromatic carbocycles. The van der Waals surface area contributed by atoms with Crippen LogP contribution >= 0.6 is 0 Å². The topological polar surface area (TPSA) is 95.1 Å². The minimum Gasteiger partial charge on any atom is -0.396 e. The van der Waals surface area contributed by atoms with Gasteiger partial charge in [-0.2, -0.15) is 0 Å². The van der Waals surface area contributed by atoms with Gasteiger partial charge in [-0.3, -0.25) is 9.59 Å². The van der Waals surface area contributed by atoms with Crippen molar-refractivity contribution < 1.29 is 9.90 Å². The first-order valence-electron chi connectivity index (χ1n) is 9.12. The number of hydrogen-bond acceptors (Lipinski definition) is 4. The van der Waals surface area contributed by atoms with Crippen LogP contribution in [0.25, 0.3) is 11.4 Å². The largest absolute Gasteiger partial charge is 0.396 e. The van der Waals surface area contributed by atoms with E-state index in [1.807, 2.05) is 62.4 Å². The normalized spacial score (nSPS) is 11.8. The van der Waals surface area contributed by atoms with E-state index in [1.54, 1.807) is 0 Å². The van der Waals surface area contributed by atoms with Crippen LogP contribution < -0.4 is 10.9 Å². The predicted octanol–water partition coefficient (Wildman–Crippen LogP) is 2.91. The molecule has 1 heterocycles. The molecule has 0 saturated heterocycles. The Hall–Kier alpha value is -3.25. The van der Waals surface area contributed by atoms with Gasteiger partial charge in [-0.05, 0) is 31.9 Å². The zero-order valence-electron chi connectivity index (χ0n) is 15.9. The minimum atomic E-state index is -0.524. The second kappa shape index (κ2) is 8.63. The van der Waals surface area contributed by atoms with Crippen molar-refractivity contribution in [3.8, 4) is 11.4 Å². The number of aromatic nitrogens is 2. The highest BCUT2D eigenvalue weighted by Crippen LogP contribution is 2.18. The van der Waals surface area contributed by atoms with Gasteiger partial charge in [-0.1, -0.05) is 53.6 Å². The van der Waals surface area contributed by atoms with Crippen molar-refractivity contribution in [3.63, 3.8) is 0 Å². The maximum Gasteiger partial charge on any atom is 0.264 e. The van der Waals surface area contributed by atoms with Crippen molar-refractivity contribution in [1.29, 1.82) is 0 Å². The average Bonchev–Trinajstić information content (AvgIpc) is 2.68. The highest BCUT2D eigenvalue weighted by molar-refractivity contribution is 5.93. The number of benzene rings is 2. The molecule has 0 aliphatic rings. The first-order chi connectivity index (χ1) is 13.5. The summed E-state index contributed by atoms with van der Waals surface area (Å²) in [6.45, 7) is 3.85. The van der Waals surface area contributed by atoms with Crippen LogP contribution in [0.2, 0.25) is 0 Å². The molecule has 0 spiro atoms. The SMILES string of the molecule is Cc1ccc([C@@H](CCO)NC(=O)c2cnc(-c3cccc(C)c3)[nH]c2=O)cc1. The Bertz CT molecular complexity index is 1030. The van der Waals surface area contributed by atoms with E-state index in [0.29, 0.717) is 12.2 Å². The number of carbonyl (C=O) groups is 1. The molecule has 1 atom stereocenters. The Balaban J connectivity index is 1.83. The highest BCUT2D eigenvalue weighted by atomic mass is 16.3. The van der Waals surface area contributed by atoms with E-state index >= 15 is 0 Å². The molecule has 0 aliphatic heterocycles. The maximum absolute atomic E-state index is 12.6. The van der Waals surface area contributed by atoms with Gasteiger partial charge < -0.3 is 15.4 Å². The molecule has 28 heavy (non-hydrogen) atoms. The summed E-state index contributed by atoms with van der Waals surface area (Å²) in [5, 5.41) is 12.2. The summed E-state index contributed by atoms with van der Waals surface area (Å²) >= 11 is 0. The number of aromatic amines is 1. The van der Waals surface area contributed by atoms with Crippen molar-refractivity contribution >= 4 is 5.91 Å². The Morgan fingerprint density at radius 1 is 1.14 bits per heavy atom. The van der Waals surface area contributed by atoms with Gasteiger partial charge in [0.1, 0.15) is 11.4 Å². The lowest BCUT2D eigenvalue weighted by atomic mass is 10.0. The fourth-order valence-corrected chi connectivity index (χ4v) is 2.98. The van der Waals surface area contributed by atoms with E-state index in [0.717, 1.165) is 22.3 Å². The first-order valence-corrected chi connectivity index (χ1v) is 9.12. The standard InChI is InChI=1S/C22H23N3O3/c1-14-6-8-16(9-7-14)19(10-11-26)24-21(27)18-13-23-20(25-22(18)28)17-5-3-4-15(2)12-17/h3-9,12-13,19,26H,10-11H2,1-2H3,(H,24,27)(H,23,25,28)/t19-/m1/s1. The average molecular weight is 377 g/mol. The first kappa shape index (κ1) is 19.5. The van der Waals surface area contributed by atoms with E-state index in [2.05, 4.69) is 15.3 Å². The second-order valence-corrected chi connectivity index (χ2v) is 6.79. The Morgan fingerprint density at radius 2 is 1.89 bits per heavy atom. The zero-order valence-corrected chi connectivity index (χ0v) is 15.9. The van der Waals surface area contributed by atoms with Gasteiger partial charge in [0.05, 0.1) is 6.04 Å². The van der Waals surface area contributed by atoms with Crippen LogP contribution in [0.4, 0.5) is 0 Å². The minimum absolute atomic E-state index is 0.0635.